The van der Waals surface area contributed by atoms with Crippen molar-refractivity contribution in [1.82, 2.24) is 0 Å². The quantitative estimate of drug-likeness (QED) is 0.716. The summed E-state index contributed by atoms with van der Waals surface area (Å²) in [6.07, 6.45) is 1.06. The standard InChI is InChI=1S/C10H13ClO/c1-2-10(11,12)8-9-6-4-3-5-7-9/h3-7,12H,2,8H2,1H3. The van der Waals surface area contributed by atoms with Crippen LogP contribution in [0.3, 0.4) is 0 Å². The van der Waals surface area contributed by atoms with Gasteiger partial charge in [-0.15, -0.1) is 0 Å². The van der Waals surface area contributed by atoms with Crippen LogP contribution < -0.4 is 0 Å². The molecule has 1 aromatic carbocycles. The summed E-state index contributed by atoms with van der Waals surface area (Å²) >= 11 is 5.81. The molecule has 1 aromatic rings. The predicted octanol–water partition coefficient (Wildman–Crippen LogP) is 2.57. The fourth-order valence-corrected chi connectivity index (χ4v) is 1.19. The largest absolute Gasteiger partial charge is 0.375 e. The third-order valence-corrected chi connectivity index (χ3v) is 2.26. The molecule has 0 aliphatic rings. The van der Waals surface area contributed by atoms with Crippen molar-refractivity contribution in [2.24, 2.45) is 0 Å². The van der Waals surface area contributed by atoms with Crippen LogP contribution in [0.25, 0.3) is 0 Å². The van der Waals surface area contributed by atoms with Gasteiger partial charge in [-0.25, -0.2) is 0 Å². The summed E-state index contributed by atoms with van der Waals surface area (Å²) in [5, 5.41) is 8.46. The first-order valence-corrected chi connectivity index (χ1v) is 4.47. The minimum atomic E-state index is -1.08. The highest BCUT2D eigenvalue weighted by atomic mass is 35.5. The molecule has 0 spiro atoms. The Bertz CT molecular complexity index is 231. The SMILES string of the molecule is CCC(O)(Cl)Cc1ccccc1. The Labute approximate surface area is 78.0 Å². The van der Waals surface area contributed by atoms with Gasteiger partial charge in [0.2, 0.25) is 0 Å². The normalized spacial score (nSPS) is 15.6. The van der Waals surface area contributed by atoms with Crippen molar-refractivity contribution in [2.75, 3.05) is 0 Å². The minimum absolute atomic E-state index is 0.506. The molecule has 0 heterocycles. The molecule has 0 radical (unpaired) electrons. The van der Waals surface area contributed by atoms with Crippen LogP contribution in [-0.4, -0.2) is 10.2 Å². The van der Waals surface area contributed by atoms with Crippen molar-refractivity contribution in [3.8, 4) is 0 Å². The van der Waals surface area contributed by atoms with Crippen molar-refractivity contribution >= 4 is 11.6 Å². The summed E-state index contributed by atoms with van der Waals surface area (Å²) in [6, 6.07) is 9.75. The fraction of sp³-hybridized carbons (Fsp3) is 0.400. The second-order valence-corrected chi connectivity index (χ2v) is 3.64. The van der Waals surface area contributed by atoms with Crippen molar-refractivity contribution < 1.29 is 5.11 Å². The summed E-state index contributed by atoms with van der Waals surface area (Å²) < 4.78 is 0. The van der Waals surface area contributed by atoms with Crippen molar-refractivity contribution in [3.63, 3.8) is 0 Å². The molecule has 2 heteroatoms. The highest BCUT2D eigenvalue weighted by molar-refractivity contribution is 6.22. The second kappa shape index (κ2) is 3.92. The van der Waals surface area contributed by atoms with Gasteiger partial charge >= 0.3 is 0 Å². The lowest BCUT2D eigenvalue weighted by Gasteiger charge is -2.18. The molecule has 0 aromatic heterocycles. The molecule has 1 rings (SSSR count). The first-order chi connectivity index (χ1) is 5.64. The summed E-state index contributed by atoms with van der Waals surface area (Å²) in [5.74, 6) is 0. The van der Waals surface area contributed by atoms with Gasteiger partial charge in [0.1, 0.15) is 5.06 Å². The van der Waals surface area contributed by atoms with Gasteiger partial charge < -0.3 is 5.11 Å². The Morgan fingerprint density at radius 2 is 1.92 bits per heavy atom. The molecule has 0 fully saturated rings. The Kier molecular flexibility index (Phi) is 3.12. The second-order valence-electron chi connectivity index (χ2n) is 2.93. The van der Waals surface area contributed by atoms with E-state index in [4.69, 9.17) is 11.6 Å². The third-order valence-electron chi connectivity index (χ3n) is 1.86. The van der Waals surface area contributed by atoms with Crippen molar-refractivity contribution in [1.29, 1.82) is 0 Å². The highest BCUT2D eigenvalue weighted by Gasteiger charge is 2.20. The molecular weight excluding hydrogens is 172 g/mol. The van der Waals surface area contributed by atoms with E-state index in [9.17, 15) is 5.11 Å². The first kappa shape index (κ1) is 9.56. The van der Waals surface area contributed by atoms with E-state index >= 15 is 0 Å². The molecule has 0 amide bonds. The molecular formula is C10H13ClO. The molecule has 1 atom stereocenters. The molecule has 0 saturated carbocycles. The summed E-state index contributed by atoms with van der Waals surface area (Å²) in [5.41, 5.74) is 1.07. The number of aliphatic hydroxyl groups is 1. The summed E-state index contributed by atoms with van der Waals surface area (Å²) in [7, 11) is 0. The van der Waals surface area contributed by atoms with Crippen LogP contribution in [0.4, 0.5) is 0 Å². The van der Waals surface area contributed by atoms with Crippen LogP contribution in [0.15, 0.2) is 30.3 Å². The molecule has 0 aliphatic carbocycles. The monoisotopic (exact) mass is 184 g/mol. The maximum absolute atomic E-state index is 9.54. The lowest BCUT2D eigenvalue weighted by molar-refractivity contribution is 0.125. The molecule has 66 valence electrons. The van der Waals surface area contributed by atoms with Crippen LogP contribution in [-0.2, 0) is 6.42 Å². The molecule has 1 unspecified atom stereocenters. The van der Waals surface area contributed by atoms with E-state index < -0.39 is 5.06 Å². The number of alkyl halides is 1. The van der Waals surface area contributed by atoms with Gasteiger partial charge in [-0.1, -0.05) is 48.9 Å². The Morgan fingerprint density at radius 1 is 1.33 bits per heavy atom. The molecule has 1 nitrogen and oxygen atoms in total. The van der Waals surface area contributed by atoms with Gasteiger partial charge in [0.15, 0.2) is 0 Å². The van der Waals surface area contributed by atoms with Gasteiger partial charge in [-0.3, -0.25) is 0 Å². The number of halogens is 1. The first-order valence-electron chi connectivity index (χ1n) is 4.09. The lowest BCUT2D eigenvalue weighted by Crippen LogP contribution is -2.22. The zero-order valence-corrected chi connectivity index (χ0v) is 7.88. The zero-order chi connectivity index (χ0) is 9.03. The fourth-order valence-electron chi connectivity index (χ4n) is 1.03. The maximum Gasteiger partial charge on any atom is 0.142 e. The Balaban J connectivity index is 2.64. The summed E-state index contributed by atoms with van der Waals surface area (Å²) in [4.78, 5) is 0. The highest BCUT2D eigenvalue weighted by Crippen LogP contribution is 2.21. The molecule has 0 bridgehead atoms. The van der Waals surface area contributed by atoms with E-state index in [0.29, 0.717) is 12.8 Å². The molecule has 12 heavy (non-hydrogen) atoms. The van der Waals surface area contributed by atoms with Gasteiger partial charge in [-0.2, -0.15) is 0 Å². The van der Waals surface area contributed by atoms with E-state index in [1.807, 2.05) is 37.3 Å². The van der Waals surface area contributed by atoms with Crippen LogP contribution in [0.5, 0.6) is 0 Å². The van der Waals surface area contributed by atoms with Crippen LogP contribution in [0, 0.1) is 0 Å². The Hall–Kier alpha value is -0.530. The average molecular weight is 185 g/mol. The van der Waals surface area contributed by atoms with Crippen molar-refractivity contribution in [3.05, 3.63) is 35.9 Å². The number of rotatable bonds is 3. The number of hydrogen-bond acceptors (Lipinski definition) is 1. The number of benzene rings is 1. The zero-order valence-electron chi connectivity index (χ0n) is 7.13. The van der Waals surface area contributed by atoms with E-state index in [2.05, 4.69) is 0 Å². The van der Waals surface area contributed by atoms with Gasteiger partial charge in [0, 0.05) is 6.42 Å². The average Bonchev–Trinajstić information content (AvgIpc) is 2.06. The van der Waals surface area contributed by atoms with Gasteiger partial charge in [0.25, 0.3) is 0 Å². The van der Waals surface area contributed by atoms with E-state index in [-0.39, 0.29) is 0 Å². The molecule has 1 N–H and O–H groups in total. The Morgan fingerprint density at radius 3 is 2.42 bits per heavy atom. The van der Waals surface area contributed by atoms with Crippen molar-refractivity contribution in [2.45, 2.75) is 24.8 Å². The topological polar surface area (TPSA) is 20.2 Å². The van der Waals surface area contributed by atoms with E-state index in [1.165, 1.54) is 0 Å². The predicted molar refractivity (Wildman–Crippen MR) is 51.2 cm³/mol. The van der Waals surface area contributed by atoms with Gasteiger partial charge in [0.05, 0.1) is 0 Å². The van der Waals surface area contributed by atoms with Crippen LogP contribution >= 0.6 is 11.6 Å². The van der Waals surface area contributed by atoms with Crippen LogP contribution in [0.1, 0.15) is 18.9 Å². The van der Waals surface area contributed by atoms with E-state index in [0.717, 1.165) is 5.56 Å². The summed E-state index contributed by atoms with van der Waals surface area (Å²) in [6.45, 7) is 1.87. The van der Waals surface area contributed by atoms with Crippen LogP contribution in [0.2, 0.25) is 0 Å². The lowest BCUT2D eigenvalue weighted by atomic mass is 10.1. The molecule has 0 saturated heterocycles. The minimum Gasteiger partial charge on any atom is -0.375 e. The van der Waals surface area contributed by atoms with Gasteiger partial charge in [-0.05, 0) is 12.0 Å². The van der Waals surface area contributed by atoms with E-state index in [1.54, 1.807) is 0 Å². The third kappa shape index (κ3) is 2.84. The maximum atomic E-state index is 9.54. The smallest absolute Gasteiger partial charge is 0.142 e. The number of hydrogen-bond donors (Lipinski definition) is 1. The molecule has 0 aliphatic heterocycles.